The number of halogens is 1. The molecule has 120 valence electrons. The second kappa shape index (κ2) is 10.6. The lowest BCUT2D eigenvalue weighted by Gasteiger charge is -2.07. The van der Waals surface area contributed by atoms with E-state index in [0.29, 0.717) is 6.54 Å². The lowest BCUT2D eigenvalue weighted by molar-refractivity contribution is -0.120. The summed E-state index contributed by atoms with van der Waals surface area (Å²) in [6, 6.07) is 8.09. The summed E-state index contributed by atoms with van der Waals surface area (Å²) in [5.41, 5.74) is 0. The van der Waals surface area contributed by atoms with Crippen molar-refractivity contribution in [2.24, 2.45) is 0 Å². The molecule has 0 aromatic heterocycles. The molecule has 1 amide bonds. The van der Waals surface area contributed by atoms with Crippen molar-refractivity contribution >= 4 is 28.3 Å². The van der Waals surface area contributed by atoms with E-state index in [1.807, 2.05) is 7.05 Å². The van der Waals surface area contributed by atoms with Gasteiger partial charge in [-0.2, -0.15) is 0 Å². The van der Waals surface area contributed by atoms with Crippen LogP contribution in [0.15, 0.2) is 35.2 Å². The zero-order chi connectivity index (χ0) is 14.8. The SMILES string of the molecule is CNCCCNC(=O)CCNS(=O)(=O)c1ccccc1.Cl. The molecule has 0 heterocycles. The maximum atomic E-state index is 11.9. The van der Waals surface area contributed by atoms with Crippen LogP contribution in [-0.4, -0.2) is 41.0 Å². The molecule has 0 saturated heterocycles. The minimum Gasteiger partial charge on any atom is -0.356 e. The summed E-state index contributed by atoms with van der Waals surface area (Å²) in [6.45, 7) is 1.51. The highest BCUT2D eigenvalue weighted by molar-refractivity contribution is 7.89. The van der Waals surface area contributed by atoms with Crippen molar-refractivity contribution in [1.29, 1.82) is 0 Å². The fourth-order valence-electron chi connectivity index (χ4n) is 1.56. The molecule has 0 aliphatic heterocycles. The van der Waals surface area contributed by atoms with E-state index in [9.17, 15) is 13.2 Å². The Bertz CT molecular complexity index is 509. The molecule has 0 fully saturated rings. The molecule has 0 aliphatic rings. The number of carbonyl (C=O) groups excluding carboxylic acids is 1. The van der Waals surface area contributed by atoms with Gasteiger partial charge in [0.15, 0.2) is 0 Å². The van der Waals surface area contributed by atoms with E-state index < -0.39 is 10.0 Å². The van der Waals surface area contributed by atoms with E-state index >= 15 is 0 Å². The molecule has 0 spiro atoms. The van der Waals surface area contributed by atoms with Crippen LogP contribution in [-0.2, 0) is 14.8 Å². The summed E-state index contributed by atoms with van der Waals surface area (Å²) < 4.78 is 26.1. The molecular formula is C13H22ClN3O3S. The van der Waals surface area contributed by atoms with Crippen molar-refractivity contribution < 1.29 is 13.2 Å². The standard InChI is InChI=1S/C13H21N3O3S.ClH/c1-14-9-5-10-15-13(17)8-11-16-20(18,19)12-6-3-2-4-7-12;/h2-4,6-7,14,16H,5,8-11H2,1H3,(H,15,17);1H. The second-order valence-electron chi connectivity index (χ2n) is 4.27. The van der Waals surface area contributed by atoms with Gasteiger partial charge in [0.05, 0.1) is 4.90 Å². The molecule has 6 nitrogen and oxygen atoms in total. The zero-order valence-corrected chi connectivity index (χ0v) is 13.6. The van der Waals surface area contributed by atoms with Crippen LogP contribution < -0.4 is 15.4 Å². The molecule has 3 N–H and O–H groups in total. The highest BCUT2D eigenvalue weighted by atomic mass is 35.5. The Kier molecular flexibility index (Phi) is 9.98. The van der Waals surface area contributed by atoms with Gasteiger partial charge < -0.3 is 10.6 Å². The summed E-state index contributed by atoms with van der Waals surface area (Å²) in [7, 11) is -1.68. The Hall–Kier alpha value is -1.15. The molecule has 0 unspecified atom stereocenters. The van der Waals surface area contributed by atoms with Crippen LogP contribution in [0.1, 0.15) is 12.8 Å². The molecule has 0 atom stereocenters. The van der Waals surface area contributed by atoms with Gasteiger partial charge in [-0.3, -0.25) is 4.79 Å². The smallest absolute Gasteiger partial charge is 0.240 e. The topological polar surface area (TPSA) is 87.3 Å². The molecule has 0 bridgehead atoms. The van der Waals surface area contributed by atoms with Crippen molar-refractivity contribution in [1.82, 2.24) is 15.4 Å². The third-order valence-corrected chi connectivity index (χ3v) is 4.10. The molecule has 21 heavy (non-hydrogen) atoms. The number of benzene rings is 1. The van der Waals surface area contributed by atoms with Gasteiger partial charge in [-0.25, -0.2) is 13.1 Å². The summed E-state index contributed by atoms with van der Waals surface area (Å²) in [4.78, 5) is 11.7. The van der Waals surface area contributed by atoms with E-state index in [2.05, 4.69) is 15.4 Å². The molecule has 8 heteroatoms. The second-order valence-corrected chi connectivity index (χ2v) is 6.03. The highest BCUT2D eigenvalue weighted by Gasteiger charge is 2.13. The lowest BCUT2D eigenvalue weighted by Crippen LogP contribution is -2.31. The van der Waals surface area contributed by atoms with Gasteiger partial charge in [0.25, 0.3) is 0 Å². The Balaban J connectivity index is 0.00000400. The lowest BCUT2D eigenvalue weighted by atomic mass is 10.3. The predicted octanol–water partition coefficient (Wildman–Crippen LogP) is 0.503. The summed E-state index contributed by atoms with van der Waals surface area (Å²) in [5.74, 6) is -0.156. The minimum absolute atomic E-state index is 0. The van der Waals surface area contributed by atoms with E-state index in [4.69, 9.17) is 0 Å². The van der Waals surface area contributed by atoms with Crippen LogP contribution in [0.5, 0.6) is 0 Å². The van der Waals surface area contributed by atoms with Crippen molar-refractivity contribution in [2.75, 3.05) is 26.7 Å². The fraction of sp³-hybridized carbons (Fsp3) is 0.462. The van der Waals surface area contributed by atoms with Crippen molar-refractivity contribution in [3.63, 3.8) is 0 Å². The van der Waals surface area contributed by atoms with Crippen LogP contribution in [0.3, 0.4) is 0 Å². The monoisotopic (exact) mass is 335 g/mol. The Morgan fingerprint density at radius 1 is 1.10 bits per heavy atom. The minimum atomic E-state index is -3.53. The normalized spacial score (nSPS) is 10.7. The Morgan fingerprint density at radius 3 is 2.38 bits per heavy atom. The zero-order valence-electron chi connectivity index (χ0n) is 12.0. The van der Waals surface area contributed by atoms with E-state index in [1.54, 1.807) is 18.2 Å². The first-order valence-corrected chi connectivity index (χ1v) is 8.00. The third-order valence-electron chi connectivity index (χ3n) is 2.62. The van der Waals surface area contributed by atoms with Gasteiger partial charge in [-0.15, -0.1) is 12.4 Å². The average Bonchev–Trinajstić information content (AvgIpc) is 2.44. The van der Waals surface area contributed by atoms with Crippen molar-refractivity contribution in [2.45, 2.75) is 17.7 Å². The maximum absolute atomic E-state index is 11.9. The van der Waals surface area contributed by atoms with Crippen LogP contribution >= 0.6 is 12.4 Å². The molecule has 1 rings (SSSR count). The summed E-state index contributed by atoms with van der Waals surface area (Å²) >= 11 is 0. The van der Waals surface area contributed by atoms with Gasteiger partial charge in [0.1, 0.15) is 0 Å². The average molecular weight is 336 g/mol. The Morgan fingerprint density at radius 2 is 1.76 bits per heavy atom. The van der Waals surface area contributed by atoms with E-state index in [-0.39, 0.29) is 36.2 Å². The van der Waals surface area contributed by atoms with Crippen LogP contribution in [0.25, 0.3) is 0 Å². The quantitative estimate of drug-likeness (QED) is 0.574. The first kappa shape index (κ1) is 19.9. The molecule has 0 saturated carbocycles. The van der Waals surface area contributed by atoms with Gasteiger partial charge in [0.2, 0.25) is 15.9 Å². The number of sulfonamides is 1. The highest BCUT2D eigenvalue weighted by Crippen LogP contribution is 2.06. The number of rotatable bonds is 9. The number of amides is 1. The summed E-state index contributed by atoms with van der Waals surface area (Å²) in [6.07, 6.45) is 0.976. The van der Waals surface area contributed by atoms with Gasteiger partial charge in [-0.05, 0) is 32.1 Å². The third kappa shape index (κ3) is 8.01. The fourth-order valence-corrected chi connectivity index (χ4v) is 2.62. The molecule has 1 aromatic rings. The van der Waals surface area contributed by atoms with E-state index in [0.717, 1.165) is 13.0 Å². The largest absolute Gasteiger partial charge is 0.356 e. The Labute approximate surface area is 132 Å². The van der Waals surface area contributed by atoms with Crippen LogP contribution in [0.4, 0.5) is 0 Å². The predicted molar refractivity (Wildman–Crippen MR) is 85.0 cm³/mol. The first-order valence-electron chi connectivity index (χ1n) is 6.52. The van der Waals surface area contributed by atoms with Gasteiger partial charge >= 0.3 is 0 Å². The van der Waals surface area contributed by atoms with Crippen molar-refractivity contribution in [3.8, 4) is 0 Å². The summed E-state index contributed by atoms with van der Waals surface area (Å²) in [5, 5.41) is 5.71. The maximum Gasteiger partial charge on any atom is 0.240 e. The van der Waals surface area contributed by atoms with Gasteiger partial charge in [0, 0.05) is 19.5 Å². The number of hydrogen-bond acceptors (Lipinski definition) is 4. The number of hydrogen-bond donors (Lipinski definition) is 3. The molecule has 1 aromatic carbocycles. The van der Waals surface area contributed by atoms with Crippen LogP contribution in [0.2, 0.25) is 0 Å². The number of carbonyl (C=O) groups is 1. The van der Waals surface area contributed by atoms with Crippen LogP contribution in [0, 0.1) is 0 Å². The first-order chi connectivity index (χ1) is 9.56. The molecule has 0 radical (unpaired) electrons. The van der Waals surface area contributed by atoms with E-state index in [1.165, 1.54) is 12.1 Å². The molecule has 0 aliphatic carbocycles. The van der Waals surface area contributed by atoms with Crippen molar-refractivity contribution in [3.05, 3.63) is 30.3 Å². The van der Waals surface area contributed by atoms with Gasteiger partial charge in [-0.1, -0.05) is 18.2 Å². The molecular weight excluding hydrogens is 314 g/mol. The number of nitrogens with one attached hydrogen (secondary N) is 3.